The summed E-state index contributed by atoms with van der Waals surface area (Å²) in [7, 11) is 0. The number of carboxylic acids is 2. The molecule has 2 rings (SSSR count). The quantitative estimate of drug-likeness (QED) is 0.257. The molecule has 0 aliphatic rings. The van der Waals surface area contributed by atoms with E-state index < -0.39 is 24.0 Å². The van der Waals surface area contributed by atoms with Crippen molar-refractivity contribution in [3.63, 3.8) is 0 Å². The molecule has 0 aromatic heterocycles. The Labute approximate surface area is 202 Å². The Bertz CT molecular complexity index is 711. The van der Waals surface area contributed by atoms with E-state index in [1.54, 1.807) is 36.0 Å². The van der Waals surface area contributed by atoms with Gasteiger partial charge in [-0.1, -0.05) is 0 Å². The maximum absolute atomic E-state index is 10.8. The summed E-state index contributed by atoms with van der Waals surface area (Å²) in [6.45, 7) is 0. The molecule has 31 heavy (non-hydrogen) atoms. The number of thioether (sulfide) groups is 2. The number of carboxylic acid groups (broad SMARTS) is 2. The number of rotatable bonds is 12. The molecular weight excluding hydrogens is 476 g/mol. The summed E-state index contributed by atoms with van der Waals surface area (Å²) < 4.78 is 0. The van der Waals surface area contributed by atoms with Gasteiger partial charge in [0.15, 0.2) is 0 Å². The van der Waals surface area contributed by atoms with Crippen LogP contribution in [0.2, 0.25) is 0 Å². The predicted octanol–water partition coefficient (Wildman–Crippen LogP) is 4.06. The van der Waals surface area contributed by atoms with Gasteiger partial charge in [-0.15, -0.1) is 11.1 Å². The van der Waals surface area contributed by atoms with Crippen LogP contribution in [0.1, 0.15) is 24.0 Å². The van der Waals surface area contributed by atoms with Gasteiger partial charge in [0.2, 0.25) is 0 Å². The predicted molar refractivity (Wildman–Crippen MR) is 128 cm³/mol. The smallest absolute Gasteiger partial charge is 0.480 e. The van der Waals surface area contributed by atoms with Crippen LogP contribution in [0.25, 0.3) is 0 Å². The molecule has 2 aromatic rings. The number of hydrogen-bond donors (Lipinski definition) is 2. The molecule has 0 fully saturated rings. The third kappa shape index (κ3) is 13.3. The van der Waals surface area contributed by atoms with Gasteiger partial charge in [0, 0.05) is 0 Å². The standard InChI is InChI=1S/2C11H14NO2S.Fe/c2*1-15-7-6-10(11(13)14)12-8-9-4-2-3-5-9;/h2*2-5,8,10H,6-7H2,1H3,(H,13,14);/q2*-1;+2/t2*10-;/m00./s1. The van der Waals surface area contributed by atoms with E-state index in [0.29, 0.717) is 12.8 Å². The largest absolute Gasteiger partial charge is 2.00 e. The molecule has 0 aliphatic heterocycles. The van der Waals surface area contributed by atoms with Crippen LogP contribution in [0.15, 0.2) is 58.5 Å². The third-order valence-corrected chi connectivity index (χ3v) is 5.23. The summed E-state index contributed by atoms with van der Waals surface area (Å²) in [6, 6.07) is 14.0. The number of nitrogens with zero attached hydrogens (tertiary/aromatic N) is 2. The average molecular weight is 504 g/mol. The van der Waals surface area contributed by atoms with Crippen molar-refractivity contribution >= 4 is 47.9 Å². The van der Waals surface area contributed by atoms with Crippen molar-refractivity contribution in [1.29, 1.82) is 0 Å². The molecule has 2 aromatic carbocycles. The zero-order chi connectivity index (χ0) is 22.2. The van der Waals surface area contributed by atoms with Gasteiger partial charge in [0.25, 0.3) is 0 Å². The second-order valence-corrected chi connectivity index (χ2v) is 8.24. The average Bonchev–Trinajstić information content (AvgIpc) is 3.42. The van der Waals surface area contributed by atoms with Crippen molar-refractivity contribution < 1.29 is 36.9 Å². The van der Waals surface area contributed by atoms with Gasteiger partial charge in [-0.3, -0.25) is 9.98 Å². The molecule has 6 nitrogen and oxygen atoms in total. The first-order valence-corrected chi connectivity index (χ1v) is 12.2. The summed E-state index contributed by atoms with van der Waals surface area (Å²) in [5.41, 5.74) is 1.90. The molecule has 0 radical (unpaired) electrons. The minimum atomic E-state index is -0.855. The molecule has 0 aliphatic carbocycles. The first kappa shape index (κ1) is 29.2. The van der Waals surface area contributed by atoms with E-state index >= 15 is 0 Å². The number of hydrogen-bond acceptors (Lipinski definition) is 6. The van der Waals surface area contributed by atoms with Gasteiger partial charge >= 0.3 is 29.0 Å². The van der Waals surface area contributed by atoms with Crippen LogP contribution >= 0.6 is 23.5 Å². The van der Waals surface area contributed by atoms with Gasteiger partial charge in [0.05, 0.1) is 0 Å². The van der Waals surface area contributed by atoms with Crippen LogP contribution in [0, 0.1) is 0 Å². The van der Waals surface area contributed by atoms with Gasteiger partial charge in [-0.25, -0.2) is 33.9 Å². The zero-order valence-electron chi connectivity index (χ0n) is 17.5. The number of aliphatic imine (C=N–C) groups is 2. The number of aliphatic carboxylic acids is 2. The minimum Gasteiger partial charge on any atom is -0.480 e. The Kier molecular flexibility index (Phi) is 16.8. The van der Waals surface area contributed by atoms with Crippen LogP contribution in [-0.2, 0) is 26.7 Å². The van der Waals surface area contributed by atoms with Crippen molar-refractivity contribution in [2.24, 2.45) is 9.98 Å². The van der Waals surface area contributed by atoms with Crippen LogP contribution in [-0.4, -0.2) is 70.7 Å². The Morgan fingerprint density at radius 3 is 1.39 bits per heavy atom. The Morgan fingerprint density at radius 1 is 0.806 bits per heavy atom. The molecular formula is C22H28FeN2O4S2. The van der Waals surface area contributed by atoms with E-state index in [1.807, 2.05) is 61.0 Å². The first-order chi connectivity index (χ1) is 14.5. The van der Waals surface area contributed by atoms with E-state index in [4.69, 9.17) is 10.2 Å². The minimum absolute atomic E-state index is 0. The van der Waals surface area contributed by atoms with Gasteiger partial charge < -0.3 is 10.2 Å². The first-order valence-electron chi connectivity index (χ1n) is 9.41. The van der Waals surface area contributed by atoms with Crippen molar-refractivity contribution in [3.8, 4) is 0 Å². The van der Waals surface area contributed by atoms with E-state index in [-0.39, 0.29) is 17.1 Å². The van der Waals surface area contributed by atoms with Crippen LogP contribution < -0.4 is 0 Å². The van der Waals surface area contributed by atoms with E-state index in [1.165, 1.54) is 0 Å². The molecule has 0 saturated carbocycles. The van der Waals surface area contributed by atoms with Crippen molar-refractivity contribution in [2.75, 3.05) is 24.0 Å². The van der Waals surface area contributed by atoms with Gasteiger partial charge in [0.1, 0.15) is 12.1 Å². The van der Waals surface area contributed by atoms with Crippen LogP contribution in [0.5, 0.6) is 0 Å². The molecule has 0 amide bonds. The Balaban J connectivity index is 0.000000562. The van der Waals surface area contributed by atoms with Crippen LogP contribution in [0.4, 0.5) is 0 Å². The summed E-state index contributed by atoms with van der Waals surface area (Å²) in [4.78, 5) is 29.8. The summed E-state index contributed by atoms with van der Waals surface area (Å²) in [6.07, 6.45) is 8.32. The van der Waals surface area contributed by atoms with Crippen molar-refractivity contribution in [1.82, 2.24) is 0 Å². The second-order valence-electron chi connectivity index (χ2n) is 6.26. The molecule has 0 unspecified atom stereocenters. The summed E-state index contributed by atoms with van der Waals surface area (Å²) in [5, 5.41) is 17.8. The van der Waals surface area contributed by atoms with Gasteiger partial charge in [-0.05, 0) is 49.3 Å². The normalized spacial score (nSPS) is 12.7. The summed E-state index contributed by atoms with van der Waals surface area (Å²) >= 11 is 3.27. The topological polar surface area (TPSA) is 99.3 Å². The fraction of sp³-hybridized carbons (Fsp3) is 0.364. The van der Waals surface area contributed by atoms with E-state index in [2.05, 4.69) is 9.98 Å². The van der Waals surface area contributed by atoms with E-state index in [0.717, 1.165) is 22.6 Å². The fourth-order valence-electron chi connectivity index (χ4n) is 2.28. The molecule has 2 N–H and O–H groups in total. The Morgan fingerprint density at radius 2 is 1.13 bits per heavy atom. The van der Waals surface area contributed by atoms with Gasteiger partial charge in [-0.2, -0.15) is 47.8 Å². The van der Waals surface area contributed by atoms with E-state index in [9.17, 15) is 9.59 Å². The molecule has 0 bridgehead atoms. The maximum atomic E-state index is 10.8. The molecule has 2 atom stereocenters. The molecule has 9 heteroatoms. The molecule has 0 heterocycles. The summed E-state index contributed by atoms with van der Waals surface area (Å²) in [5.74, 6) is -0.0799. The monoisotopic (exact) mass is 504 g/mol. The molecule has 0 spiro atoms. The Hall–Kier alpha value is -1.80. The third-order valence-electron chi connectivity index (χ3n) is 3.94. The maximum Gasteiger partial charge on any atom is 2.00 e. The number of carbonyl (C=O) groups is 2. The fourth-order valence-corrected chi connectivity index (χ4v) is 3.20. The van der Waals surface area contributed by atoms with Crippen LogP contribution in [0.3, 0.4) is 0 Å². The second kappa shape index (κ2) is 17.8. The SMILES string of the molecule is CSCC[C@H](N=C[c-]1cccc1)C(=O)O.CSCC[C@H](N=C[c-]1cccc1)C(=O)O.[Fe+2]. The van der Waals surface area contributed by atoms with Crippen molar-refractivity contribution in [3.05, 3.63) is 59.7 Å². The molecule has 0 saturated heterocycles. The zero-order valence-corrected chi connectivity index (χ0v) is 20.3. The molecule has 170 valence electrons. The van der Waals surface area contributed by atoms with Crippen molar-refractivity contribution in [2.45, 2.75) is 24.9 Å².